The first-order valence-corrected chi connectivity index (χ1v) is 6.90. The van der Waals surface area contributed by atoms with Gasteiger partial charge in [0.25, 0.3) is 5.56 Å². The third-order valence-corrected chi connectivity index (χ3v) is 4.08. The van der Waals surface area contributed by atoms with Crippen molar-refractivity contribution in [1.29, 1.82) is 0 Å². The van der Waals surface area contributed by atoms with Gasteiger partial charge in [-0.2, -0.15) is 11.8 Å². The Hall–Kier alpha value is -1.13. The predicted molar refractivity (Wildman–Crippen MR) is 70.6 cm³/mol. The van der Waals surface area contributed by atoms with Crippen LogP contribution in [0, 0.1) is 0 Å². The molecule has 1 aliphatic rings. The van der Waals surface area contributed by atoms with E-state index in [4.69, 9.17) is 11.6 Å². The third-order valence-electron chi connectivity index (χ3n) is 2.86. The second-order valence-corrected chi connectivity index (χ2v) is 5.50. The number of benzene rings is 1. The van der Waals surface area contributed by atoms with E-state index in [-0.39, 0.29) is 5.56 Å². The molecule has 0 radical (unpaired) electrons. The van der Waals surface area contributed by atoms with Crippen molar-refractivity contribution in [2.24, 2.45) is 0 Å². The van der Waals surface area contributed by atoms with Gasteiger partial charge in [-0.25, -0.2) is 4.68 Å². The van der Waals surface area contributed by atoms with Gasteiger partial charge >= 0.3 is 0 Å². The van der Waals surface area contributed by atoms with E-state index < -0.39 is 0 Å². The zero-order valence-electron chi connectivity index (χ0n) is 9.07. The lowest BCUT2D eigenvalue weighted by Crippen LogP contribution is -2.19. The maximum atomic E-state index is 12.0. The van der Waals surface area contributed by atoms with E-state index in [0.29, 0.717) is 11.6 Å². The molecule has 0 aliphatic carbocycles. The van der Waals surface area contributed by atoms with E-state index in [0.717, 1.165) is 28.3 Å². The van der Waals surface area contributed by atoms with E-state index in [1.54, 1.807) is 16.4 Å². The lowest BCUT2D eigenvalue weighted by Gasteiger charge is -2.03. The van der Waals surface area contributed by atoms with Gasteiger partial charge in [-0.15, -0.1) is 0 Å². The highest BCUT2D eigenvalue weighted by Gasteiger charge is 2.19. The van der Waals surface area contributed by atoms with Gasteiger partial charge < -0.3 is 0 Å². The average molecular weight is 267 g/mol. The molecule has 1 aliphatic heterocycles. The molecule has 0 unspecified atom stereocenters. The molecule has 0 fully saturated rings. The van der Waals surface area contributed by atoms with E-state index in [2.05, 4.69) is 5.10 Å². The summed E-state index contributed by atoms with van der Waals surface area (Å²) in [5.74, 6) is 1.74. The normalized spacial score (nSPS) is 13.9. The maximum Gasteiger partial charge on any atom is 0.271 e. The molecule has 0 atom stereocenters. The summed E-state index contributed by atoms with van der Waals surface area (Å²) in [6, 6.07) is 7.59. The first kappa shape index (κ1) is 11.0. The fraction of sp³-hybridized carbons (Fsp3) is 0.250. The highest BCUT2D eigenvalue weighted by atomic mass is 35.5. The Morgan fingerprint density at radius 3 is 3.06 bits per heavy atom. The van der Waals surface area contributed by atoms with Gasteiger partial charge in [-0.1, -0.05) is 23.7 Å². The van der Waals surface area contributed by atoms with Crippen LogP contribution in [0.5, 0.6) is 0 Å². The lowest BCUT2D eigenvalue weighted by molar-refractivity contribution is 0.655. The molecule has 3 nitrogen and oxygen atoms in total. The molecule has 2 heterocycles. The molecule has 1 aromatic heterocycles. The molecule has 0 bridgehead atoms. The smallest absolute Gasteiger partial charge is 0.271 e. The Balaban J connectivity index is 1.94. The number of fused-ring (bicyclic) bond motifs is 1. The fourth-order valence-corrected chi connectivity index (χ4v) is 3.29. The quantitative estimate of drug-likeness (QED) is 0.907. The summed E-state index contributed by atoms with van der Waals surface area (Å²) >= 11 is 7.70. The van der Waals surface area contributed by atoms with Crippen LogP contribution in [0.15, 0.2) is 29.1 Å². The number of aromatic amines is 1. The summed E-state index contributed by atoms with van der Waals surface area (Å²) in [5, 5.41) is 3.87. The largest absolute Gasteiger partial charge is 0.298 e. The molecule has 0 spiro atoms. The van der Waals surface area contributed by atoms with E-state index in [1.165, 1.54) is 0 Å². The molecule has 1 N–H and O–H groups in total. The molecule has 0 saturated carbocycles. The topological polar surface area (TPSA) is 37.8 Å². The Bertz CT molecular complexity index is 617. The van der Waals surface area contributed by atoms with Crippen LogP contribution in [0.3, 0.4) is 0 Å². The van der Waals surface area contributed by atoms with Gasteiger partial charge in [0.05, 0.1) is 17.8 Å². The molecule has 3 rings (SSSR count). The Morgan fingerprint density at radius 1 is 1.41 bits per heavy atom. The molecule has 2 aromatic rings. The summed E-state index contributed by atoms with van der Waals surface area (Å²) in [6.07, 6.45) is 0. The van der Waals surface area contributed by atoms with Crippen LogP contribution < -0.4 is 5.56 Å². The van der Waals surface area contributed by atoms with Crippen molar-refractivity contribution in [2.75, 3.05) is 0 Å². The van der Waals surface area contributed by atoms with Crippen molar-refractivity contribution < 1.29 is 0 Å². The monoisotopic (exact) mass is 266 g/mol. The molecule has 88 valence electrons. The van der Waals surface area contributed by atoms with Crippen molar-refractivity contribution >= 4 is 23.4 Å². The minimum Gasteiger partial charge on any atom is -0.298 e. The number of halogens is 1. The number of nitrogens with one attached hydrogen (secondary N) is 1. The van der Waals surface area contributed by atoms with E-state index in [1.807, 2.05) is 24.3 Å². The van der Waals surface area contributed by atoms with Crippen LogP contribution in [-0.2, 0) is 18.1 Å². The Labute approximate surface area is 108 Å². The molecular weight excluding hydrogens is 256 g/mol. The first-order chi connectivity index (χ1) is 8.24. The zero-order chi connectivity index (χ0) is 11.8. The number of aromatic nitrogens is 2. The number of H-pyrrole nitrogens is 1. The van der Waals surface area contributed by atoms with Gasteiger partial charge in [0, 0.05) is 16.5 Å². The van der Waals surface area contributed by atoms with E-state index >= 15 is 0 Å². The minimum absolute atomic E-state index is 0.102. The molecular formula is C12H11ClN2OS. The number of hydrogen-bond acceptors (Lipinski definition) is 2. The molecule has 5 heteroatoms. The van der Waals surface area contributed by atoms with Crippen LogP contribution in [0.25, 0.3) is 0 Å². The fourth-order valence-electron chi connectivity index (χ4n) is 2.03. The highest BCUT2D eigenvalue weighted by Crippen LogP contribution is 2.25. The summed E-state index contributed by atoms with van der Waals surface area (Å²) in [6.45, 7) is 0.553. The van der Waals surface area contributed by atoms with Crippen molar-refractivity contribution in [3.8, 4) is 0 Å². The summed E-state index contributed by atoms with van der Waals surface area (Å²) in [7, 11) is 0. The SMILES string of the molecule is O=c1c2c([nH]n1Cc1cccc(Cl)c1)CSC2. The number of thioether (sulfide) groups is 1. The van der Waals surface area contributed by atoms with Crippen molar-refractivity contribution in [3.05, 3.63) is 56.5 Å². The minimum atomic E-state index is 0.102. The second-order valence-electron chi connectivity index (χ2n) is 4.08. The van der Waals surface area contributed by atoms with Gasteiger partial charge in [0.2, 0.25) is 0 Å². The Morgan fingerprint density at radius 2 is 2.29 bits per heavy atom. The van der Waals surface area contributed by atoms with Gasteiger partial charge in [0.1, 0.15) is 0 Å². The van der Waals surface area contributed by atoms with Crippen LogP contribution in [0.4, 0.5) is 0 Å². The highest BCUT2D eigenvalue weighted by molar-refractivity contribution is 7.98. The van der Waals surface area contributed by atoms with E-state index in [9.17, 15) is 4.79 Å². The lowest BCUT2D eigenvalue weighted by atomic mass is 10.2. The van der Waals surface area contributed by atoms with Crippen molar-refractivity contribution in [1.82, 2.24) is 9.78 Å². The molecule has 0 saturated heterocycles. The number of hydrogen-bond donors (Lipinski definition) is 1. The summed E-state index contributed by atoms with van der Waals surface area (Å²) in [5.41, 5.74) is 3.14. The maximum absolute atomic E-state index is 12.0. The van der Waals surface area contributed by atoms with Crippen molar-refractivity contribution in [3.63, 3.8) is 0 Å². The van der Waals surface area contributed by atoms with Gasteiger partial charge in [-0.05, 0) is 17.7 Å². The third kappa shape index (κ3) is 2.03. The number of rotatable bonds is 2. The summed E-state index contributed by atoms with van der Waals surface area (Å²) < 4.78 is 1.66. The molecule has 1 aromatic carbocycles. The van der Waals surface area contributed by atoms with Crippen LogP contribution in [0.1, 0.15) is 16.8 Å². The standard InChI is InChI=1S/C12H11ClN2OS/c13-9-3-1-2-8(4-9)5-15-12(16)10-6-17-7-11(10)14-15/h1-4,14H,5-7H2. The second kappa shape index (κ2) is 4.27. The average Bonchev–Trinajstić information content (AvgIpc) is 2.84. The summed E-state index contributed by atoms with van der Waals surface area (Å²) in [4.78, 5) is 12.0. The molecule has 0 amide bonds. The predicted octanol–water partition coefficient (Wildman–Crippen LogP) is 2.62. The van der Waals surface area contributed by atoms with Crippen LogP contribution in [-0.4, -0.2) is 9.78 Å². The van der Waals surface area contributed by atoms with Crippen molar-refractivity contribution in [2.45, 2.75) is 18.1 Å². The Kier molecular flexibility index (Phi) is 2.76. The molecule has 17 heavy (non-hydrogen) atoms. The first-order valence-electron chi connectivity index (χ1n) is 5.37. The zero-order valence-corrected chi connectivity index (χ0v) is 10.6. The van der Waals surface area contributed by atoms with Crippen LogP contribution >= 0.6 is 23.4 Å². The van der Waals surface area contributed by atoms with Gasteiger partial charge in [0.15, 0.2) is 0 Å². The van der Waals surface area contributed by atoms with Crippen LogP contribution in [0.2, 0.25) is 5.02 Å². The van der Waals surface area contributed by atoms with Gasteiger partial charge in [-0.3, -0.25) is 9.89 Å². The number of nitrogens with zero attached hydrogens (tertiary/aromatic N) is 1.